The molecule has 1 spiro atoms. The first-order valence-electron chi connectivity index (χ1n) is 17.7. The summed E-state index contributed by atoms with van der Waals surface area (Å²) in [5, 5.41) is 0.204. The molecular formula is C37H51ClN2O5SSi. The molecular weight excluding hydrogens is 648 g/mol. The zero-order chi connectivity index (χ0) is 33.4. The summed E-state index contributed by atoms with van der Waals surface area (Å²) in [6.45, 7) is 13.6. The molecule has 4 bridgehead atoms. The Labute approximate surface area is 287 Å². The summed E-state index contributed by atoms with van der Waals surface area (Å²) < 4.78 is 44.1. The molecule has 2 heterocycles. The van der Waals surface area contributed by atoms with Gasteiger partial charge in [-0.2, -0.15) is 0 Å². The highest BCUT2D eigenvalue weighted by molar-refractivity contribution is 7.90. The Morgan fingerprint density at radius 1 is 1.04 bits per heavy atom. The lowest BCUT2D eigenvalue weighted by atomic mass is 9.65. The second kappa shape index (κ2) is 12.1. The third-order valence-electron chi connectivity index (χ3n) is 12.7. The fourth-order valence-corrected chi connectivity index (χ4v) is 12.0. The van der Waals surface area contributed by atoms with Gasteiger partial charge >= 0.3 is 0 Å². The van der Waals surface area contributed by atoms with Gasteiger partial charge in [-0.15, -0.1) is 0 Å². The van der Waals surface area contributed by atoms with Gasteiger partial charge in [0.15, 0.2) is 8.32 Å². The van der Waals surface area contributed by atoms with Gasteiger partial charge in [0, 0.05) is 29.1 Å². The van der Waals surface area contributed by atoms with E-state index in [1.165, 1.54) is 11.1 Å². The van der Waals surface area contributed by atoms with Crippen molar-refractivity contribution in [3.8, 4) is 5.75 Å². The molecule has 7 rings (SSSR count). The summed E-state index contributed by atoms with van der Waals surface area (Å²) >= 11 is 6.47. The highest BCUT2D eigenvalue weighted by atomic mass is 35.5. The predicted octanol–water partition coefficient (Wildman–Crippen LogP) is 7.86. The van der Waals surface area contributed by atoms with Crippen molar-refractivity contribution >= 4 is 41.5 Å². The number of hydrogen-bond donors (Lipinski definition) is 1. The van der Waals surface area contributed by atoms with Crippen molar-refractivity contribution in [1.29, 1.82) is 0 Å². The van der Waals surface area contributed by atoms with Gasteiger partial charge in [0.2, 0.25) is 10.0 Å². The van der Waals surface area contributed by atoms with E-state index in [9.17, 15) is 13.2 Å². The Balaban J connectivity index is 1.32. The van der Waals surface area contributed by atoms with Crippen LogP contribution >= 0.6 is 11.6 Å². The number of benzene rings is 2. The number of nitrogens with zero attached hydrogens (tertiary/aromatic N) is 1. The van der Waals surface area contributed by atoms with Crippen molar-refractivity contribution in [2.24, 2.45) is 17.8 Å². The van der Waals surface area contributed by atoms with Crippen molar-refractivity contribution in [3.05, 3.63) is 58.1 Å². The third-order valence-corrected chi connectivity index (χ3v) is 19.2. The van der Waals surface area contributed by atoms with Crippen molar-refractivity contribution in [1.82, 2.24) is 4.72 Å². The smallest absolute Gasteiger partial charge is 0.264 e. The van der Waals surface area contributed by atoms with Gasteiger partial charge in [0.1, 0.15) is 5.75 Å². The van der Waals surface area contributed by atoms with Crippen molar-refractivity contribution in [2.45, 2.75) is 113 Å². The number of carbonyl (C=O) groups is 1. The second-order valence-corrected chi connectivity index (χ2v) is 23.8. The van der Waals surface area contributed by atoms with E-state index in [4.69, 9.17) is 20.8 Å². The lowest BCUT2D eigenvalue weighted by Crippen LogP contribution is -2.55. The summed E-state index contributed by atoms with van der Waals surface area (Å²) in [5.74, 6) is 1.08. The first-order chi connectivity index (χ1) is 22.2. The van der Waals surface area contributed by atoms with Crippen molar-refractivity contribution < 1.29 is 22.4 Å². The Hall–Kier alpha value is -2.07. The summed E-state index contributed by atoms with van der Waals surface area (Å²) in [6, 6.07) is 11.7. The van der Waals surface area contributed by atoms with Crippen LogP contribution in [0.3, 0.4) is 0 Å². The van der Waals surface area contributed by atoms with E-state index in [-0.39, 0.29) is 22.5 Å². The lowest BCUT2D eigenvalue weighted by Gasteiger charge is -2.52. The van der Waals surface area contributed by atoms with Gasteiger partial charge in [-0.05, 0) is 129 Å². The van der Waals surface area contributed by atoms with Crippen LogP contribution in [0.1, 0.15) is 93.6 Å². The first kappa shape index (κ1) is 33.4. The number of rotatable bonds is 2. The number of nitrogens with one attached hydrogen (secondary N) is 1. The van der Waals surface area contributed by atoms with Crippen molar-refractivity contribution in [2.75, 3.05) is 24.6 Å². The second-order valence-electron chi connectivity index (χ2n) is 16.7. The van der Waals surface area contributed by atoms with Crippen LogP contribution < -0.4 is 14.4 Å². The van der Waals surface area contributed by atoms with E-state index in [1.807, 2.05) is 18.2 Å². The molecule has 47 heavy (non-hydrogen) atoms. The standard InChI is InChI=1S/C37H51ClN2O5SSi/c1-36(2,3)47(4,5)45-34-25-8-6-10-29(19-25)46(42,43)39-35(41)26-12-16-33-32(20-26)40(21-27-11-14-30(27)34)22-37(23-44-33)17-7-9-24-18-28(38)13-15-31(24)37/h12-13,15-16,18,20,25,27,29-30,34H,6-11,14,17,19,21-23H2,1-5H3,(H,39,41)/t25?,27-,29+,30+,34-,37-/m0/s1. The van der Waals surface area contributed by atoms with Crippen molar-refractivity contribution in [3.63, 3.8) is 0 Å². The van der Waals surface area contributed by atoms with Crippen LogP contribution in [-0.4, -0.2) is 53.7 Å². The first-order valence-corrected chi connectivity index (χ1v) is 22.5. The molecule has 0 aromatic heterocycles. The Bertz CT molecular complexity index is 1660. The molecule has 2 aliphatic heterocycles. The fourth-order valence-electron chi connectivity index (χ4n) is 8.88. The zero-order valence-corrected chi connectivity index (χ0v) is 31.2. The number of aryl methyl sites for hydroxylation is 1. The topological polar surface area (TPSA) is 84.9 Å². The molecule has 0 saturated heterocycles. The van der Waals surface area contributed by atoms with Gasteiger partial charge in [-0.3, -0.25) is 4.79 Å². The van der Waals surface area contributed by atoms with Crippen LogP contribution in [0.2, 0.25) is 23.2 Å². The van der Waals surface area contributed by atoms with E-state index in [1.54, 1.807) is 6.07 Å². The quantitative estimate of drug-likeness (QED) is 0.322. The number of anilines is 1. The molecule has 1 N–H and O–H groups in total. The van der Waals surface area contributed by atoms with Gasteiger partial charge in [0.05, 0.1) is 23.6 Å². The van der Waals surface area contributed by atoms with Crippen LogP contribution in [0.25, 0.3) is 0 Å². The summed E-state index contributed by atoms with van der Waals surface area (Å²) in [7, 11) is -6.04. The highest BCUT2D eigenvalue weighted by Gasteiger charge is 2.50. The molecule has 1 unspecified atom stereocenters. The Morgan fingerprint density at radius 3 is 2.60 bits per heavy atom. The molecule has 0 radical (unpaired) electrons. The van der Waals surface area contributed by atoms with E-state index >= 15 is 0 Å². The Morgan fingerprint density at radius 2 is 1.85 bits per heavy atom. The van der Waals surface area contributed by atoms with E-state index in [0.717, 1.165) is 74.5 Å². The largest absolute Gasteiger partial charge is 0.490 e. The molecule has 5 aliphatic rings. The minimum atomic E-state index is -3.87. The van der Waals surface area contributed by atoms with Crippen LogP contribution in [0.15, 0.2) is 36.4 Å². The molecule has 3 aliphatic carbocycles. The van der Waals surface area contributed by atoms with Gasteiger partial charge in [0.25, 0.3) is 5.91 Å². The van der Waals surface area contributed by atoms with Crippen LogP contribution in [0, 0.1) is 17.8 Å². The van der Waals surface area contributed by atoms with E-state index < -0.39 is 29.5 Å². The molecule has 10 heteroatoms. The summed E-state index contributed by atoms with van der Waals surface area (Å²) in [5.41, 5.74) is 3.60. The normalized spacial score (nSPS) is 32.1. The molecule has 256 valence electrons. The number of carbonyl (C=O) groups excluding carboxylic acids is 1. The maximum absolute atomic E-state index is 13.8. The average molecular weight is 699 g/mol. The number of fused-ring (bicyclic) bond motifs is 6. The lowest BCUT2D eigenvalue weighted by molar-refractivity contribution is -0.0227. The van der Waals surface area contributed by atoms with Gasteiger partial charge in [-0.1, -0.05) is 44.9 Å². The van der Waals surface area contributed by atoms with Crippen LogP contribution in [-0.2, 0) is 26.3 Å². The third kappa shape index (κ3) is 6.16. The summed E-state index contributed by atoms with van der Waals surface area (Å²) in [4.78, 5) is 16.1. The highest BCUT2D eigenvalue weighted by Crippen LogP contribution is 2.50. The number of halogens is 1. The molecule has 2 aromatic rings. The number of amides is 1. The molecule has 2 saturated carbocycles. The molecule has 2 aromatic carbocycles. The molecule has 6 atom stereocenters. The van der Waals surface area contributed by atoms with E-state index in [2.05, 4.69) is 55.6 Å². The minimum Gasteiger partial charge on any atom is -0.490 e. The minimum absolute atomic E-state index is 0.00632. The summed E-state index contributed by atoms with van der Waals surface area (Å²) in [6.07, 6.45) is 8.18. The fraction of sp³-hybridized carbons (Fsp3) is 0.649. The maximum atomic E-state index is 13.8. The van der Waals surface area contributed by atoms with E-state index in [0.29, 0.717) is 36.8 Å². The molecule has 1 amide bonds. The van der Waals surface area contributed by atoms with Gasteiger partial charge in [-0.25, -0.2) is 13.1 Å². The maximum Gasteiger partial charge on any atom is 0.264 e. The number of hydrogen-bond acceptors (Lipinski definition) is 6. The van der Waals surface area contributed by atoms with Crippen LogP contribution in [0.5, 0.6) is 5.75 Å². The monoisotopic (exact) mass is 698 g/mol. The number of sulfonamides is 1. The van der Waals surface area contributed by atoms with Crippen LogP contribution in [0.4, 0.5) is 5.69 Å². The number of ether oxygens (including phenoxy) is 1. The van der Waals surface area contributed by atoms with Gasteiger partial charge < -0.3 is 14.1 Å². The molecule has 7 nitrogen and oxygen atoms in total. The Kier molecular flexibility index (Phi) is 8.58. The molecule has 2 fully saturated rings. The SMILES string of the molecule is CC(C)(C)[Si](C)(C)O[C@H]1C2CCC[C@H](C2)S(=O)(=O)NC(=O)c2ccc3c(c2)N(C[C@@H]2CC[C@H]21)C[C@@]1(CCCc2cc(Cl)ccc21)CO3. The predicted molar refractivity (Wildman–Crippen MR) is 191 cm³/mol. The zero-order valence-electron chi connectivity index (χ0n) is 28.6. The average Bonchev–Trinajstić information content (AvgIpc) is 3.14.